The maximum Gasteiger partial charge on any atom is 0.262 e. The number of para-hydroxylation sites is 1. The van der Waals surface area contributed by atoms with Gasteiger partial charge >= 0.3 is 0 Å². The Hall–Kier alpha value is -3.94. The van der Waals surface area contributed by atoms with Crippen LogP contribution in [0.4, 0.5) is 10.1 Å². The van der Waals surface area contributed by atoms with Gasteiger partial charge in [0, 0.05) is 41.3 Å². The third kappa shape index (κ3) is 5.92. The second-order valence-corrected chi connectivity index (χ2v) is 12.7. The van der Waals surface area contributed by atoms with Gasteiger partial charge in [0.05, 0.1) is 12.3 Å². The lowest BCUT2D eigenvalue weighted by Crippen LogP contribution is -2.42. The van der Waals surface area contributed by atoms with E-state index < -0.39 is 17.6 Å². The minimum Gasteiger partial charge on any atom is -0.490 e. The Balaban J connectivity index is 1.49. The van der Waals surface area contributed by atoms with E-state index >= 15 is 0 Å². The number of anilines is 1. The first-order chi connectivity index (χ1) is 19.4. The first-order valence-electron chi connectivity index (χ1n) is 14.1. The number of nitrogens with one attached hydrogen (secondary N) is 2. The third-order valence-corrected chi connectivity index (χ3v) is 7.83. The summed E-state index contributed by atoms with van der Waals surface area (Å²) in [4.78, 5) is 39.7. The topological polar surface area (TPSA) is 93.7 Å². The van der Waals surface area contributed by atoms with Gasteiger partial charge < -0.3 is 20.1 Å². The molecule has 216 valence electrons. The van der Waals surface area contributed by atoms with E-state index in [9.17, 15) is 18.8 Å². The molecule has 0 atom stereocenters. The molecule has 2 aliphatic carbocycles. The number of allylic oxidation sites excluding steroid dienone is 4. The van der Waals surface area contributed by atoms with Gasteiger partial charge in [0.2, 0.25) is 0 Å². The molecule has 0 aromatic heterocycles. The molecule has 0 spiro atoms. The molecule has 0 radical (unpaired) electrons. The van der Waals surface area contributed by atoms with Gasteiger partial charge in [-0.3, -0.25) is 14.4 Å². The number of halogens is 1. The molecule has 0 bridgehead atoms. The first-order valence-corrected chi connectivity index (χ1v) is 14.1. The zero-order valence-electron chi connectivity index (χ0n) is 24.3. The van der Waals surface area contributed by atoms with Crippen LogP contribution in [0.15, 0.2) is 65.0 Å². The number of ketones is 2. The Morgan fingerprint density at radius 1 is 0.902 bits per heavy atom. The second kappa shape index (κ2) is 10.8. The summed E-state index contributed by atoms with van der Waals surface area (Å²) in [6.07, 6.45) is 2.24. The fraction of sp³-hybridized carbons (Fsp3) is 0.424. The number of ether oxygens (including phenoxy) is 2. The van der Waals surface area contributed by atoms with Crippen LogP contribution in [0, 0.1) is 16.6 Å². The molecule has 0 fully saturated rings. The highest BCUT2D eigenvalue weighted by Crippen LogP contribution is 2.51. The number of Topliss-reactive ketones (excluding diaryl/α,β-unsaturated/α-hetero) is 2. The second-order valence-electron chi connectivity index (χ2n) is 12.7. The first kappa shape index (κ1) is 28.6. The summed E-state index contributed by atoms with van der Waals surface area (Å²) in [7, 11) is 0. The van der Waals surface area contributed by atoms with E-state index in [2.05, 4.69) is 38.3 Å². The van der Waals surface area contributed by atoms with E-state index in [0.717, 1.165) is 17.0 Å². The normalized spacial score (nSPS) is 19.8. The summed E-state index contributed by atoms with van der Waals surface area (Å²) in [5.74, 6) is -0.739. The fourth-order valence-electron chi connectivity index (χ4n) is 6.21. The van der Waals surface area contributed by atoms with E-state index in [1.165, 1.54) is 12.1 Å². The summed E-state index contributed by atoms with van der Waals surface area (Å²) in [5.41, 5.74) is 3.55. The quantitative estimate of drug-likeness (QED) is 0.418. The molecule has 41 heavy (non-hydrogen) atoms. The molecule has 0 saturated carbocycles. The molecule has 1 aliphatic heterocycles. The number of amides is 1. The smallest absolute Gasteiger partial charge is 0.262 e. The van der Waals surface area contributed by atoms with E-state index in [0.29, 0.717) is 54.9 Å². The van der Waals surface area contributed by atoms with Crippen molar-refractivity contribution >= 4 is 23.2 Å². The number of hydrogen-bond acceptors (Lipinski definition) is 6. The van der Waals surface area contributed by atoms with Gasteiger partial charge in [-0.05, 0) is 60.4 Å². The van der Waals surface area contributed by atoms with Crippen molar-refractivity contribution in [3.05, 3.63) is 76.4 Å². The SMILES string of the molecule is CCOc1cc(C2C3=C(CC(C)(C)CC3=O)NC3=C2C(=O)CC(C)(C)C3)ccc1OCC(=O)Nc1ccccc1F. The van der Waals surface area contributed by atoms with E-state index in [1.807, 2.05) is 13.0 Å². The van der Waals surface area contributed by atoms with Gasteiger partial charge in [0.25, 0.3) is 5.91 Å². The summed E-state index contributed by atoms with van der Waals surface area (Å²) in [6.45, 7) is 10.2. The highest BCUT2D eigenvalue weighted by Gasteiger charge is 2.46. The fourth-order valence-corrected chi connectivity index (χ4v) is 6.21. The lowest BCUT2D eigenvalue weighted by molar-refractivity contribution is -0.119. The van der Waals surface area contributed by atoms with Crippen LogP contribution in [0.5, 0.6) is 11.5 Å². The van der Waals surface area contributed by atoms with Gasteiger partial charge in [-0.15, -0.1) is 0 Å². The Labute approximate surface area is 240 Å². The van der Waals surface area contributed by atoms with Crippen LogP contribution in [0.1, 0.15) is 71.8 Å². The van der Waals surface area contributed by atoms with Crippen LogP contribution in [-0.2, 0) is 14.4 Å². The van der Waals surface area contributed by atoms with E-state index in [1.54, 1.807) is 24.3 Å². The molecule has 5 rings (SSSR count). The van der Waals surface area contributed by atoms with Crippen molar-refractivity contribution in [1.82, 2.24) is 5.32 Å². The van der Waals surface area contributed by atoms with Crippen molar-refractivity contribution in [1.29, 1.82) is 0 Å². The standard InChI is InChI=1S/C33H37FN2O5/c1-6-40-27-13-19(11-12-26(27)41-18-28(39)36-21-10-8-7-9-20(21)34)29-30-22(14-32(2,3)16-24(30)37)35-23-15-33(4,5)17-25(38)31(23)29/h7-13,29,35H,6,14-18H2,1-5H3,(H,36,39). The Morgan fingerprint density at radius 3 is 2.10 bits per heavy atom. The van der Waals surface area contributed by atoms with Gasteiger partial charge in [-0.25, -0.2) is 4.39 Å². The van der Waals surface area contributed by atoms with Crippen molar-refractivity contribution in [2.75, 3.05) is 18.5 Å². The molecular weight excluding hydrogens is 523 g/mol. The Morgan fingerprint density at radius 2 is 1.51 bits per heavy atom. The van der Waals surface area contributed by atoms with Gasteiger partial charge in [-0.2, -0.15) is 0 Å². The minimum absolute atomic E-state index is 0.0426. The molecular formula is C33H37FN2O5. The highest BCUT2D eigenvalue weighted by molar-refractivity contribution is 6.06. The lowest BCUT2D eigenvalue weighted by Gasteiger charge is -2.44. The molecule has 0 unspecified atom stereocenters. The molecule has 2 aromatic rings. The molecule has 7 nitrogen and oxygen atoms in total. The Bertz CT molecular complexity index is 1430. The third-order valence-electron chi connectivity index (χ3n) is 7.83. The monoisotopic (exact) mass is 560 g/mol. The van der Waals surface area contributed by atoms with Crippen molar-refractivity contribution in [3.63, 3.8) is 0 Å². The van der Waals surface area contributed by atoms with Crippen LogP contribution in [0.3, 0.4) is 0 Å². The molecule has 8 heteroatoms. The van der Waals surface area contributed by atoms with Crippen LogP contribution in [0.2, 0.25) is 0 Å². The predicted octanol–water partition coefficient (Wildman–Crippen LogP) is 6.22. The Kier molecular flexibility index (Phi) is 7.53. The van der Waals surface area contributed by atoms with Crippen molar-refractivity contribution < 1.29 is 28.2 Å². The molecule has 3 aliphatic rings. The summed E-state index contributed by atoms with van der Waals surface area (Å²) < 4.78 is 25.6. The summed E-state index contributed by atoms with van der Waals surface area (Å²) in [6, 6.07) is 11.2. The average molecular weight is 561 g/mol. The number of rotatable bonds is 7. The van der Waals surface area contributed by atoms with Crippen LogP contribution in [-0.4, -0.2) is 30.7 Å². The van der Waals surface area contributed by atoms with Crippen molar-refractivity contribution in [2.24, 2.45) is 10.8 Å². The maximum atomic E-state index is 13.9. The summed E-state index contributed by atoms with van der Waals surface area (Å²) >= 11 is 0. The van der Waals surface area contributed by atoms with E-state index in [-0.39, 0.29) is 34.7 Å². The zero-order valence-corrected chi connectivity index (χ0v) is 24.3. The van der Waals surface area contributed by atoms with Crippen molar-refractivity contribution in [2.45, 2.75) is 66.2 Å². The van der Waals surface area contributed by atoms with Crippen LogP contribution < -0.4 is 20.1 Å². The maximum absolute atomic E-state index is 13.9. The summed E-state index contributed by atoms with van der Waals surface area (Å²) in [5, 5.41) is 6.03. The van der Waals surface area contributed by atoms with E-state index in [4.69, 9.17) is 9.47 Å². The molecule has 0 saturated heterocycles. The highest BCUT2D eigenvalue weighted by atomic mass is 19.1. The van der Waals surface area contributed by atoms with Crippen LogP contribution >= 0.6 is 0 Å². The molecule has 1 amide bonds. The predicted molar refractivity (Wildman–Crippen MR) is 154 cm³/mol. The molecule has 2 N–H and O–H groups in total. The number of hydrogen-bond donors (Lipinski definition) is 2. The number of benzene rings is 2. The average Bonchev–Trinajstić information content (AvgIpc) is 2.87. The largest absolute Gasteiger partial charge is 0.490 e. The van der Waals surface area contributed by atoms with Gasteiger partial charge in [0.15, 0.2) is 29.7 Å². The number of carbonyl (C=O) groups excluding carboxylic acids is 3. The number of dihydropyridines is 1. The minimum atomic E-state index is -0.536. The van der Waals surface area contributed by atoms with Crippen LogP contribution in [0.25, 0.3) is 0 Å². The van der Waals surface area contributed by atoms with Crippen molar-refractivity contribution in [3.8, 4) is 11.5 Å². The van der Waals surface area contributed by atoms with Gasteiger partial charge in [-0.1, -0.05) is 45.9 Å². The molecule has 2 aromatic carbocycles. The number of carbonyl (C=O) groups is 3. The lowest BCUT2D eigenvalue weighted by atomic mass is 9.64. The molecule has 1 heterocycles. The zero-order chi connectivity index (χ0) is 29.5. The van der Waals surface area contributed by atoms with Gasteiger partial charge in [0.1, 0.15) is 5.82 Å².